The maximum Gasteiger partial charge on any atom is 0.234 e. The number of aromatic nitrogens is 2. The van der Waals surface area contributed by atoms with Crippen molar-refractivity contribution in [3.8, 4) is 0 Å². The van der Waals surface area contributed by atoms with Crippen molar-refractivity contribution in [2.75, 3.05) is 35.6 Å². The van der Waals surface area contributed by atoms with Crippen molar-refractivity contribution in [1.82, 2.24) is 15.3 Å². The van der Waals surface area contributed by atoms with E-state index in [0.717, 1.165) is 61.0 Å². The molecule has 0 saturated carbocycles. The van der Waals surface area contributed by atoms with Gasteiger partial charge >= 0.3 is 0 Å². The SMILES string of the molecule is CCCNC(=O)C1CCN(c2cc(SCC(=O)Nc3ccc(C)cc3)ncn2)CC1. The van der Waals surface area contributed by atoms with Crippen molar-refractivity contribution >= 4 is 35.1 Å². The summed E-state index contributed by atoms with van der Waals surface area (Å²) in [6, 6.07) is 9.65. The summed E-state index contributed by atoms with van der Waals surface area (Å²) in [5, 5.41) is 6.65. The smallest absolute Gasteiger partial charge is 0.234 e. The van der Waals surface area contributed by atoms with Crippen molar-refractivity contribution in [2.24, 2.45) is 5.92 Å². The fourth-order valence-electron chi connectivity index (χ4n) is 3.32. The third-order valence-electron chi connectivity index (χ3n) is 5.05. The molecule has 2 heterocycles. The first kappa shape index (κ1) is 22.1. The second-order valence-corrected chi connectivity index (χ2v) is 8.47. The minimum Gasteiger partial charge on any atom is -0.356 e. The van der Waals surface area contributed by atoms with E-state index >= 15 is 0 Å². The number of carbonyl (C=O) groups excluding carboxylic acids is 2. The number of nitrogens with zero attached hydrogens (tertiary/aromatic N) is 3. The lowest BCUT2D eigenvalue weighted by Gasteiger charge is -2.32. The number of thioether (sulfide) groups is 1. The summed E-state index contributed by atoms with van der Waals surface area (Å²) >= 11 is 1.39. The molecule has 30 heavy (non-hydrogen) atoms. The number of nitrogens with one attached hydrogen (secondary N) is 2. The molecule has 160 valence electrons. The van der Waals surface area contributed by atoms with Gasteiger partial charge in [0.25, 0.3) is 0 Å². The van der Waals surface area contributed by atoms with E-state index in [2.05, 4.69) is 32.4 Å². The van der Waals surface area contributed by atoms with Crippen LogP contribution >= 0.6 is 11.8 Å². The molecule has 0 unspecified atom stereocenters. The maximum absolute atomic E-state index is 12.2. The third kappa shape index (κ3) is 6.45. The molecule has 7 nitrogen and oxygen atoms in total. The van der Waals surface area contributed by atoms with Crippen molar-refractivity contribution < 1.29 is 9.59 Å². The standard InChI is InChI=1S/C22H29N5O2S/c1-3-10-23-22(29)17-8-11-27(12-9-17)19-13-21(25-15-24-19)30-14-20(28)26-18-6-4-16(2)5-7-18/h4-7,13,15,17H,3,8-12,14H2,1-2H3,(H,23,29)(H,26,28). The van der Waals surface area contributed by atoms with Gasteiger partial charge in [-0.25, -0.2) is 9.97 Å². The van der Waals surface area contributed by atoms with E-state index in [9.17, 15) is 9.59 Å². The number of hydrogen-bond donors (Lipinski definition) is 2. The average molecular weight is 428 g/mol. The topological polar surface area (TPSA) is 87.2 Å². The summed E-state index contributed by atoms with van der Waals surface area (Å²) < 4.78 is 0. The molecule has 1 aromatic carbocycles. The van der Waals surface area contributed by atoms with E-state index in [1.54, 1.807) is 0 Å². The zero-order valence-electron chi connectivity index (χ0n) is 17.6. The van der Waals surface area contributed by atoms with Gasteiger partial charge in [-0.3, -0.25) is 9.59 Å². The minimum absolute atomic E-state index is 0.0667. The van der Waals surface area contributed by atoms with Crippen molar-refractivity contribution in [1.29, 1.82) is 0 Å². The Kier molecular flexibility index (Phi) is 8.07. The van der Waals surface area contributed by atoms with Crippen molar-refractivity contribution in [2.45, 2.75) is 38.1 Å². The fraction of sp³-hybridized carbons (Fsp3) is 0.455. The molecule has 0 bridgehead atoms. The van der Waals surface area contributed by atoms with Crippen LogP contribution in [0.2, 0.25) is 0 Å². The molecule has 1 saturated heterocycles. The first-order valence-corrected chi connectivity index (χ1v) is 11.4. The van der Waals surface area contributed by atoms with Crippen LogP contribution in [0.25, 0.3) is 0 Å². The molecular formula is C22H29N5O2S. The Morgan fingerprint density at radius 2 is 1.90 bits per heavy atom. The van der Waals surface area contributed by atoms with E-state index < -0.39 is 0 Å². The van der Waals surface area contributed by atoms with Crippen LogP contribution in [0.15, 0.2) is 41.7 Å². The number of carbonyl (C=O) groups is 2. The fourth-order valence-corrected chi connectivity index (χ4v) is 3.98. The molecule has 0 atom stereocenters. The summed E-state index contributed by atoms with van der Waals surface area (Å²) in [6.07, 6.45) is 4.13. The second kappa shape index (κ2) is 11.0. The lowest BCUT2D eigenvalue weighted by molar-refractivity contribution is -0.125. The molecule has 1 fully saturated rings. The highest BCUT2D eigenvalue weighted by Crippen LogP contribution is 2.25. The monoisotopic (exact) mass is 427 g/mol. The average Bonchev–Trinajstić information content (AvgIpc) is 2.78. The van der Waals surface area contributed by atoms with Gasteiger partial charge in [-0.15, -0.1) is 0 Å². The van der Waals surface area contributed by atoms with Gasteiger partial charge in [0.1, 0.15) is 17.2 Å². The highest BCUT2D eigenvalue weighted by molar-refractivity contribution is 7.99. The van der Waals surface area contributed by atoms with E-state index in [0.29, 0.717) is 0 Å². The van der Waals surface area contributed by atoms with E-state index in [1.165, 1.54) is 18.1 Å². The number of benzene rings is 1. The summed E-state index contributed by atoms with van der Waals surface area (Å²) in [7, 11) is 0. The number of piperidine rings is 1. The van der Waals surface area contributed by atoms with Crippen molar-refractivity contribution in [3.05, 3.63) is 42.2 Å². The van der Waals surface area contributed by atoms with Gasteiger partial charge in [0, 0.05) is 37.3 Å². The van der Waals surface area contributed by atoms with Gasteiger partial charge in [0.2, 0.25) is 11.8 Å². The Morgan fingerprint density at radius 1 is 1.17 bits per heavy atom. The van der Waals surface area contributed by atoms with Crippen LogP contribution < -0.4 is 15.5 Å². The highest BCUT2D eigenvalue weighted by atomic mass is 32.2. The van der Waals surface area contributed by atoms with E-state index in [1.807, 2.05) is 37.3 Å². The van der Waals surface area contributed by atoms with Gasteiger partial charge in [0.05, 0.1) is 5.75 Å². The Hall–Kier alpha value is -2.61. The van der Waals surface area contributed by atoms with Crippen LogP contribution in [0.1, 0.15) is 31.7 Å². The van der Waals surface area contributed by atoms with Crippen LogP contribution in [-0.4, -0.2) is 47.2 Å². The summed E-state index contributed by atoms with van der Waals surface area (Å²) in [5.41, 5.74) is 1.95. The summed E-state index contributed by atoms with van der Waals surface area (Å²) in [6.45, 7) is 6.39. The Morgan fingerprint density at radius 3 is 2.60 bits per heavy atom. The molecule has 1 aromatic heterocycles. The van der Waals surface area contributed by atoms with Crippen LogP contribution in [0, 0.1) is 12.8 Å². The first-order valence-electron chi connectivity index (χ1n) is 10.4. The molecule has 2 amide bonds. The van der Waals surface area contributed by atoms with E-state index in [-0.39, 0.29) is 23.5 Å². The van der Waals surface area contributed by atoms with Gasteiger partial charge in [-0.05, 0) is 38.3 Å². The summed E-state index contributed by atoms with van der Waals surface area (Å²) in [4.78, 5) is 35.2. The van der Waals surface area contributed by atoms with Crippen LogP contribution in [-0.2, 0) is 9.59 Å². The molecule has 8 heteroatoms. The maximum atomic E-state index is 12.2. The molecule has 2 aromatic rings. The summed E-state index contributed by atoms with van der Waals surface area (Å²) in [5.74, 6) is 1.30. The van der Waals surface area contributed by atoms with Crippen LogP contribution in [0.3, 0.4) is 0 Å². The Balaban J connectivity index is 1.48. The number of anilines is 2. The zero-order chi connectivity index (χ0) is 21.3. The lowest BCUT2D eigenvalue weighted by atomic mass is 9.96. The molecule has 0 spiro atoms. The normalized spacial score (nSPS) is 14.4. The molecule has 3 rings (SSSR count). The highest BCUT2D eigenvalue weighted by Gasteiger charge is 2.25. The second-order valence-electron chi connectivity index (χ2n) is 7.47. The van der Waals surface area contributed by atoms with E-state index in [4.69, 9.17) is 0 Å². The molecule has 0 radical (unpaired) electrons. The molecule has 1 aliphatic heterocycles. The quantitative estimate of drug-likeness (QED) is 0.497. The van der Waals surface area contributed by atoms with Crippen LogP contribution in [0.4, 0.5) is 11.5 Å². The van der Waals surface area contributed by atoms with Crippen molar-refractivity contribution in [3.63, 3.8) is 0 Å². The molecule has 1 aliphatic rings. The molecule has 2 N–H and O–H groups in total. The van der Waals surface area contributed by atoms with Gasteiger partial charge in [-0.2, -0.15) is 0 Å². The molecule has 0 aliphatic carbocycles. The third-order valence-corrected chi connectivity index (χ3v) is 5.98. The Bertz CT molecular complexity index is 851. The number of hydrogen-bond acceptors (Lipinski definition) is 6. The van der Waals surface area contributed by atoms with Gasteiger partial charge in [0.15, 0.2) is 0 Å². The largest absolute Gasteiger partial charge is 0.356 e. The Labute approximate surface area is 182 Å². The zero-order valence-corrected chi connectivity index (χ0v) is 18.4. The van der Waals surface area contributed by atoms with Crippen LogP contribution in [0.5, 0.6) is 0 Å². The van der Waals surface area contributed by atoms with Gasteiger partial charge < -0.3 is 15.5 Å². The number of amides is 2. The lowest BCUT2D eigenvalue weighted by Crippen LogP contribution is -2.41. The first-order chi connectivity index (χ1) is 14.5. The minimum atomic E-state index is -0.0667. The van der Waals surface area contributed by atoms with Gasteiger partial charge in [-0.1, -0.05) is 36.4 Å². The number of rotatable bonds is 8. The number of aryl methyl sites for hydroxylation is 1. The predicted octanol–water partition coefficient (Wildman–Crippen LogP) is 3.26. The predicted molar refractivity (Wildman–Crippen MR) is 121 cm³/mol. The molecular weight excluding hydrogens is 398 g/mol.